The summed E-state index contributed by atoms with van der Waals surface area (Å²) in [6, 6.07) is 7.51. The van der Waals surface area contributed by atoms with Crippen LogP contribution in [0.15, 0.2) is 29.2 Å². The maximum absolute atomic E-state index is 11.6. The molecular weight excluding hydrogens is 300 g/mol. The van der Waals surface area contributed by atoms with Gasteiger partial charge in [-0.2, -0.15) is 5.10 Å². The third-order valence-corrected chi connectivity index (χ3v) is 4.59. The highest BCUT2D eigenvalue weighted by molar-refractivity contribution is 8.13. The molecule has 0 bridgehead atoms. The fraction of sp³-hybridized carbons (Fsp3) is 0.167. The Bertz CT molecular complexity index is 878. The lowest BCUT2D eigenvalue weighted by molar-refractivity contribution is 0.608. The summed E-state index contributed by atoms with van der Waals surface area (Å²) < 4.78 is 24.6. The Hall–Kier alpha value is -1.86. The van der Waals surface area contributed by atoms with Gasteiger partial charge in [0.05, 0.1) is 22.4 Å². The van der Waals surface area contributed by atoms with Gasteiger partial charge in [-0.05, 0) is 26.0 Å². The minimum atomic E-state index is -3.83. The Morgan fingerprint density at radius 1 is 1.25 bits per heavy atom. The molecule has 104 valence electrons. The first-order valence-corrected chi connectivity index (χ1v) is 8.15. The highest BCUT2D eigenvalue weighted by atomic mass is 35.7. The Morgan fingerprint density at radius 2 is 1.95 bits per heavy atom. The van der Waals surface area contributed by atoms with E-state index in [0.717, 1.165) is 11.0 Å². The second kappa shape index (κ2) is 4.32. The Morgan fingerprint density at radius 3 is 2.55 bits per heavy atom. The zero-order valence-electron chi connectivity index (χ0n) is 10.8. The van der Waals surface area contributed by atoms with Gasteiger partial charge in [-0.25, -0.2) is 18.1 Å². The molecule has 0 amide bonds. The second-order valence-corrected chi connectivity index (χ2v) is 6.93. The van der Waals surface area contributed by atoms with E-state index in [-0.39, 0.29) is 4.90 Å². The van der Waals surface area contributed by atoms with Crippen LogP contribution in [0.3, 0.4) is 0 Å². The van der Waals surface area contributed by atoms with Crippen molar-refractivity contribution in [1.82, 2.24) is 19.7 Å². The number of benzene rings is 1. The zero-order chi connectivity index (χ0) is 14.5. The lowest BCUT2D eigenvalue weighted by Crippen LogP contribution is -2.02. The number of halogens is 1. The lowest BCUT2D eigenvalue weighted by atomic mass is 10.3. The molecule has 0 aliphatic carbocycles. The molecule has 6 nitrogen and oxygen atoms in total. The first-order valence-electron chi connectivity index (χ1n) is 5.84. The molecule has 0 unspecified atom stereocenters. The predicted molar refractivity (Wildman–Crippen MR) is 75.7 cm³/mol. The molecule has 1 N–H and O–H groups in total. The maximum atomic E-state index is 11.6. The first-order chi connectivity index (χ1) is 9.38. The molecule has 0 radical (unpaired) electrons. The van der Waals surface area contributed by atoms with E-state index in [9.17, 15) is 8.42 Å². The number of rotatable bonds is 2. The molecule has 2 heterocycles. The van der Waals surface area contributed by atoms with Gasteiger partial charge in [-0.15, -0.1) is 0 Å². The van der Waals surface area contributed by atoms with Crippen LogP contribution in [0.1, 0.15) is 11.4 Å². The van der Waals surface area contributed by atoms with Gasteiger partial charge in [0.1, 0.15) is 4.90 Å². The normalized spacial score (nSPS) is 12.2. The Balaban J connectivity index is 2.25. The molecule has 2 aromatic heterocycles. The predicted octanol–water partition coefficient (Wildman–Crippen LogP) is 2.29. The average molecular weight is 311 g/mol. The van der Waals surface area contributed by atoms with E-state index in [1.807, 2.05) is 24.3 Å². The van der Waals surface area contributed by atoms with Crippen molar-refractivity contribution < 1.29 is 8.42 Å². The van der Waals surface area contributed by atoms with Crippen molar-refractivity contribution >= 4 is 30.8 Å². The van der Waals surface area contributed by atoms with Crippen LogP contribution in [0.5, 0.6) is 0 Å². The molecule has 20 heavy (non-hydrogen) atoms. The number of nitrogens with one attached hydrogen (secondary N) is 1. The molecule has 1 aromatic carbocycles. The van der Waals surface area contributed by atoms with Gasteiger partial charge in [0, 0.05) is 10.7 Å². The van der Waals surface area contributed by atoms with Crippen molar-refractivity contribution in [3.63, 3.8) is 0 Å². The molecule has 0 saturated heterocycles. The summed E-state index contributed by atoms with van der Waals surface area (Å²) in [5, 5.41) is 4.20. The van der Waals surface area contributed by atoms with Crippen LogP contribution < -0.4 is 0 Å². The number of para-hydroxylation sites is 2. The van der Waals surface area contributed by atoms with E-state index in [1.54, 1.807) is 13.8 Å². The maximum Gasteiger partial charge on any atom is 0.264 e. The number of H-pyrrole nitrogens is 1. The smallest absolute Gasteiger partial charge is 0.264 e. The molecule has 0 atom stereocenters. The summed E-state index contributed by atoms with van der Waals surface area (Å²) in [5.41, 5.74) is 2.41. The number of aromatic amines is 1. The Kier molecular flexibility index (Phi) is 2.84. The SMILES string of the molecule is Cc1nn(-c2nc3ccccc3[nH]2)c(C)c1S(=O)(=O)Cl. The van der Waals surface area contributed by atoms with Gasteiger partial charge in [0.15, 0.2) is 0 Å². The van der Waals surface area contributed by atoms with E-state index < -0.39 is 9.05 Å². The molecule has 8 heteroatoms. The van der Waals surface area contributed by atoms with Gasteiger partial charge in [0.2, 0.25) is 5.95 Å². The molecule has 0 saturated carbocycles. The topological polar surface area (TPSA) is 80.6 Å². The van der Waals surface area contributed by atoms with Crippen molar-refractivity contribution in [2.24, 2.45) is 0 Å². The summed E-state index contributed by atoms with van der Waals surface area (Å²) in [5.74, 6) is 0.457. The number of imidazole rings is 1. The van der Waals surface area contributed by atoms with Crippen LogP contribution in [-0.4, -0.2) is 28.2 Å². The van der Waals surface area contributed by atoms with E-state index in [2.05, 4.69) is 15.1 Å². The van der Waals surface area contributed by atoms with Gasteiger partial charge in [-0.1, -0.05) is 12.1 Å². The van der Waals surface area contributed by atoms with Crippen LogP contribution in [0, 0.1) is 13.8 Å². The Labute approximate surface area is 119 Å². The fourth-order valence-electron chi connectivity index (χ4n) is 2.23. The fourth-order valence-corrected chi connectivity index (χ4v) is 3.73. The van der Waals surface area contributed by atoms with Crippen LogP contribution in [-0.2, 0) is 9.05 Å². The first kappa shape index (κ1) is 13.1. The number of nitrogens with zero attached hydrogens (tertiary/aromatic N) is 3. The van der Waals surface area contributed by atoms with Gasteiger partial charge >= 0.3 is 0 Å². The van der Waals surface area contributed by atoms with E-state index in [0.29, 0.717) is 17.3 Å². The number of fused-ring (bicyclic) bond motifs is 1. The van der Waals surface area contributed by atoms with E-state index in [1.165, 1.54) is 4.68 Å². The molecule has 0 spiro atoms. The largest absolute Gasteiger partial charge is 0.322 e. The van der Waals surface area contributed by atoms with Gasteiger partial charge in [0.25, 0.3) is 9.05 Å². The number of aromatic nitrogens is 4. The summed E-state index contributed by atoms with van der Waals surface area (Å²) in [4.78, 5) is 7.51. The van der Waals surface area contributed by atoms with Crippen molar-refractivity contribution in [2.45, 2.75) is 18.7 Å². The average Bonchev–Trinajstić information content (AvgIpc) is 2.88. The number of aryl methyl sites for hydroxylation is 1. The molecule has 0 aliphatic rings. The van der Waals surface area contributed by atoms with Crippen molar-refractivity contribution in [2.75, 3.05) is 0 Å². The highest BCUT2D eigenvalue weighted by Gasteiger charge is 2.24. The lowest BCUT2D eigenvalue weighted by Gasteiger charge is -1.99. The highest BCUT2D eigenvalue weighted by Crippen LogP contribution is 2.25. The van der Waals surface area contributed by atoms with Gasteiger partial charge < -0.3 is 4.98 Å². The minimum Gasteiger partial charge on any atom is -0.322 e. The molecule has 3 rings (SSSR count). The third kappa shape index (κ3) is 1.99. The van der Waals surface area contributed by atoms with E-state index in [4.69, 9.17) is 10.7 Å². The van der Waals surface area contributed by atoms with Crippen LogP contribution in [0.2, 0.25) is 0 Å². The second-order valence-electron chi connectivity index (χ2n) is 4.43. The quantitative estimate of drug-likeness (QED) is 0.736. The minimum absolute atomic E-state index is 0.0274. The third-order valence-electron chi connectivity index (χ3n) is 3.05. The molecule has 0 fully saturated rings. The standard InChI is InChI=1S/C12H11ClN4O2S/c1-7-11(20(13,18)19)8(2)17(16-7)12-14-9-5-3-4-6-10(9)15-12/h3-6H,1-2H3,(H,14,15). The number of hydrogen-bond acceptors (Lipinski definition) is 4. The summed E-state index contributed by atoms with van der Waals surface area (Å²) >= 11 is 0. The summed E-state index contributed by atoms with van der Waals surface area (Å²) in [6.45, 7) is 3.24. The van der Waals surface area contributed by atoms with Crippen LogP contribution in [0.4, 0.5) is 0 Å². The monoisotopic (exact) mass is 310 g/mol. The van der Waals surface area contributed by atoms with E-state index >= 15 is 0 Å². The summed E-state index contributed by atoms with van der Waals surface area (Å²) in [6.07, 6.45) is 0. The van der Waals surface area contributed by atoms with Crippen molar-refractivity contribution in [3.05, 3.63) is 35.7 Å². The molecule has 3 aromatic rings. The van der Waals surface area contributed by atoms with Crippen LogP contribution in [0.25, 0.3) is 17.0 Å². The number of hydrogen-bond donors (Lipinski definition) is 1. The molecule has 0 aliphatic heterocycles. The van der Waals surface area contributed by atoms with Gasteiger partial charge in [-0.3, -0.25) is 0 Å². The van der Waals surface area contributed by atoms with Crippen molar-refractivity contribution in [1.29, 1.82) is 0 Å². The molecular formula is C12H11ClN4O2S. The zero-order valence-corrected chi connectivity index (χ0v) is 12.3. The summed E-state index contributed by atoms with van der Waals surface area (Å²) in [7, 11) is 1.60. The van der Waals surface area contributed by atoms with Crippen LogP contribution >= 0.6 is 10.7 Å². The van der Waals surface area contributed by atoms with Crippen molar-refractivity contribution in [3.8, 4) is 5.95 Å².